The molecule has 1 aliphatic heterocycles. The van der Waals surface area contributed by atoms with Crippen molar-refractivity contribution in [3.8, 4) is 11.5 Å². The first-order chi connectivity index (χ1) is 15.0. The summed E-state index contributed by atoms with van der Waals surface area (Å²) in [6.07, 6.45) is 1.67. The maximum absolute atomic E-state index is 14.3. The van der Waals surface area contributed by atoms with Crippen LogP contribution in [0.4, 0.5) is 10.1 Å². The fraction of sp³-hybridized carbons (Fsp3) is 0.120. The van der Waals surface area contributed by atoms with Gasteiger partial charge in [0.2, 0.25) is 0 Å². The quantitative estimate of drug-likeness (QED) is 0.551. The van der Waals surface area contributed by atoms with Gasteiger partial charge in [0.1, 0.15) is 28.8 Å². The second-order valence-corrected chi connectivity index (χ2v) is 7.01. The minimum absolute atomic E-state index is 0.225. The van der Waals surface area contributed by atoms with Crippen LogP contribution >= 0.6 is 0 Å². The molecule has 31 heavy (non-hydrogen) atoms. The van der Waals surface area contributed by atoms with Crippen molar-refractivity contribution in [1.29, 1.82) is 0 Å². The van der Waals surface area contributed by atoms with Gasteiger partial charge >= 0.3 is 0 Å². The predicted octanol–water partition coefficient (Wildman–Crippen LogP) is 4.99. The molecule has 3 aromatic carbocycles. The highest BCUT2D eigenvalue weighted by Gasteiger charge is 2.33. The van der Waals surface area contributed by atoms with Gasteiger partial charge in [-0.3, -0.25) is 9.69 Å². The fourth-order valence-corrected chi connectivity index (χ4v) is 3.37. The highest BCUT2D eigenvalue weighted by Crippen LogP contribution is 2.31. The topological polar surface area (TPSA) is 51.1 Å². The van der Waals surface area contributed by atoms with Gasteiger partial charge in [0, 0.05) is 11.1 Å². The van der Waals surface area contributed by atoms with Crippen LogP contribution < -0.4 is 14.4 Å². The number of methoxy groups -OCH3 is 2. The molecule has 0 unspecified atom stereocenters. The molecular weight excluding hydrogens is 395 g/mol. The van der Waals surface area contributed by atoms with Crippen molar-refractivity contribution in [2.45, 2.75) is 6.92 Å². The third-order valence-corrected chi connectivity index (χ3v) is 5.03. The van der Waals surface area contributed by atoms with Gasteiger partial charge in [-0.05, 0) is 48.9 Å². The van der Waals surface area contributed by atoms with E-state index in [9.17, 15) is 9.18 Å². The highest BCUT2D eigenvalue weighted by atomic mass is 19.1. The lowest BCUT2D eigenvalue weighted by Gasteiger charge is -2.19. The molecule has 0 radical (unpaired) electrons. The first-order valence-corrected chi connectivity index (χ1v) is 9.70. The molecule has 6 heteroatoms. The fourth-order valence-electron chi connectivity index (χ4n) is 3.37. The second kappa shape index (κ2) is 8.44. The number of nitrogens with zero attached hydrogens (tertiary/aromatic N) is 2. The number of anilines is 1. The number of para-hydroxylation sites is 1. The number of rotatable bonds is 5. The van der Waals surface area contributed by atoms with E-state index in [4.69, 9.17) is 9.47 Å². The summed E-state index contributed by atoms with van der Waals surface area (Å²) >= 11 is 0. The molecule has 1 aliphatic rings. The maximum atomic E-state index is 14.3. The summed E-state index contributed by atoms with van der Waals surface area (Å²) in [7, 11) is 3.14. The van der Waals surface area contributed by atoms with E-state index in [1.165, 1.54) is 11.0 Å². The first kappa shape index (κ1) is 20.3. The zero-order valence-electron chi connectivity index (χ0n) is 17.4. The monoisotopic (exact) mass is 416 g/mol. The lowest BCUT2D eigenvalue weighted by Crippen LogP contribution is -2.32. The first-order valence-electron chi connectivity index (χ1n) is 9.70. The number of aryl methyl sites for hydroxylation is 1. The Hall–Kier alpha value is -3.93. The third kappa shape index (κ3) is 3.92. The summed E-state index contributed by atoms with van der Waals surface area (Å²) < 4.78 is 25.0. The Balaban J connectivity index is 1.87. The minimum Gasteiger partial charge on any atom is -0.497 e. The van der Waals surface area contributed by atoms with Gasteiger partial charge in [0.15, 0.2) is 0 Å². The standard InChI is InChI=1S/C25H21FN2O3/c1-16-11-12-19(15-21(16)26)28-24(18-8-6-9-20(13-18)30-2)27-22(25(28)29)14-17-7-4-5-10-23(17)31-3/h4-15H,1-3H3/b22-14-. The molecule has 0 fully saturated rings. The van der Waals surface area contributed by atoms with Crippen LogP contribution in [-0.2, 0) is 4.79 Å². The number of hydrogen-bond acceptors (Lipinski definition) is 4. The Kier molecular flexibility index (Phi) is 5.54. The number of halogens is 1. The van der Waals surface area contributed by atoms with Crippen molar-refractivity contribution in [3.05, 3.63) is 94.9 Å². The third-order valence-electron chi connectivity index (χ3n) is 5.03. The van der Waals surface area contributed by atoms with Gasteiger partial charge in [-0.15, -0.1) is 0 Å². The summed E-state index contributed by atoms with van der Waals surface area (Å²) in [4.78, 5) is 19.4. The van der Waals surface area contributed by atoms with Crippen LogP contribution in [0.25, 0.3) is 6.08 Å². The zero-order valence-corrected chi connectivity index (χ0v) is 17.4. The molecule has 1 heterocycles. The van der Waals surface area contributed by atoms with E-state index in [-0.39, 0.29) is 11.6 Å². The summed E-state index contributed by atoms with van der Waals surface area (Å²) in [6, 6.07) is 19.3. The Morgan fingerprint density at radius 3 is 2.52 bits per heavy atom. The number of hydrogen-bond donors (Lipinski definition) is 0. The molecular formula is C25H21FN2O3. The van der Waals surface area contributed by atoms with Crippen molar-refractivity contribution < 1.29 is 18.7 Å². The Morgan fingerprint density at radius 1 is 0.968 bits per heavy atom. The molecule has 0 atom stereocenters. The van der Waals surface area contributed by atoms with Crippen LogP contribution in [0.15, 0.2) is 77.4 Å². The summed E-state index contributed by atoms with van der Waals surface area (Å²) in [6.45, 7) is 1.68. The lowest BCUT2D eigenvalue weighted by molar-refractivity contribution is -0.113. The van der Waals surface area contributed by atoms with Crippen LogP contribution in [-0.4, -0.2) is 26.0 Å². The van der Waals surface area contributed by atoms with E-state index in [0.717, 1.165) is 5.56 Å². The average Bonchev–Trinajstić information content (AvgIpc) is 3.12. The zero-order chi connectivity index (χ0) is 22.0. The number of amidine groups is 1. The predicted molar refractivity (Wildman–Crippen MR) is 119 cm³/mol. The normalized spacial score (nSPS) is 14.7. The van der Waals surface area contributed by atoms with Crippen molar-refractivity contribution in [2.24, 2.45) is 4.99 Å². The number of benzene rings is 3. The van der Waals surface area contributed by atoms with Crippen LogP contribution in [0.3, 0.4) is 0 Å². The van der Waals surface area contributed by atoms with E-state index in [2.05, 4.69) is 4.99 Å². The van der Waals surface area contributed by atoms with E-state index >= 15 is 0 Å². The van der Waals surface area contributed by atoms with Gasteiger partial charge in [0.25, 0.3) is 5.91 Å². The van der Waals surface area contributed by atoms with Crippen molar-refractivity contribution in [1.82, 2.24) is 0 Å². The Bertz CT molecular complexity index is 1220. The van der Waals surface area contributed by atoms with Crippen LogP contribution in [0.5, 0.6) is 11.5 Å². The number of carbonyl (C=O) groups is 1. The largest absolute Gasteiger partial charge is 0.497 e. The van der Waals surface area contributed by atoms with E-state index in [0.29, 0.717) is 34.1 Å². The molecule has 5 nitrogen and oxygen atoms in total. The molecule has 0 N–H and O–H groups in total. The van der Waals surface area contributed by atoms with Crippen LogP contribution in [0, 0.1) is 12.7 Å². The molecule has 0 saturated carbocycles. The van der Waals surface area contributed by atoms with Crippen LogP contribution in [0.2, 0.25) is 0 Å². The van der Waals surface area contributed by atoms with Crippen molar-refractivity contribution >= 4 is 23.5 Å². The number of ether oxygens (including phenoxy) is 2. The van der Waals surface area contributed by atoms with E-state index in [1.807, 2.05) is 42.5 Å². The number of amides is 1. The van der Waals surface area contributed by atoms with Gasteiger partial charge in [0.05, 0.1) is 19.9 Å². The molecule has 156 valence electrons. The van der Waals surface area contributed by atoms with E-state index < -0.39 is 5.82 Å². The van der Waals surface area contributed by atoms with Gasteiger partial charge in [-0.2, -0.15) is 0 Å². The van der Waals surface area contributed by atoms with Crippen molar-refractivity contribution in [2.75, 3.05) is 19.1 Å². The lowest BCUT2D eigenvalue weighted by atomic mass is 10.1. The number of aliphatic imine (C=N–C) groups is 1. The minimum atomic E-state index is -0.391. The molecule has 0 aromatic heterocycles. The van der Waals surface area contributed by atoms with Gasteiger partial charge in [-0.25, -0.2) is 9.38 Å². The summed E-state index contributed by atoms with van der Waals surface area (Å²) in [5, 5.41) is 0. The highest BCUT2D eigenvalue weighted by molar-refractivity contribution is 6.33. The average molecular weight is 416 g/mol. The summed E-state index contributed by atoms with van der Waals surface area (Å²) in [5.74, 6) is 0.906. The number of carbonyl (C=O) groups excluding carboxylic acids is 1. The van der Waals surface area contributed by atoms with Crippen LogP contribution in [0.1, 0.15) is 16.7 Å². The van der Waals surface area contributed by atoms with Gasteiger partial charge < -0.3 is 9.47 Å². The summed E-state index contributed by atoms with van der Waals surface area (Å²) in [5.41, 5.74) is 2.53. The van der Waals surface area contributed by atoms with E-state index in [1.54, 1.807) is 45.4 Å². The molecule has 0 aliphatic carbocycles. The molecule has 1 amide bonds. The molecule has 3 aromatic rings. The molecule has 4 rings (SSSR count). The molecule has 0 bridgehead atoms. The smallest absolute Gasteiger partial charge is 0.282 e. The Labute approximate surface area is 180 Å². The second-order valence-electron chi connectivity index (χ2n) is 7.01. The molecule has 0 saturated heterocycles. The SMILES string of the molecule is COc1cccc(C2=N/C(=C\c3ccccc3OC)C(=O)N2c2ccc(C)c(F)c2)c1. The van der Waals surface area contributed by atoms with Gasteiger partial charge in [-0.1, -0.05) is 36.4 Å². The Morgan fingerprint density at radius 2 is 1.77 bits per heavy atom. The maximum Gasteiger partial charge on any atom is 0.282 e. The molecule has 0 spiro atoms. The van der Waals surface area contributed by atoms with Crippen molar-refractivity contribution in [3.63, 3.8) is 0 Å².